The van der Waals surface area contributed by atoms with Crippen LogP contribution in [0.2, 0.25) is 5.02 Å². The van der Waals surface area contributed by atoms with Gasteiger partial charge in [0.05, 0.1) is 4.92 Å². The number of nitro groups is 1. The third-order valence-corrected chi connectivity index (χ3v) is 3.78. The topological polar surface area (TPSA) is 84.3 Å². The fourth-order valence-corrected chi connectivity index (χ4v) is 2.45. The van der Waals surface area contributed by atoms with Gasteiger partial charge in [-0.15, -0.1) is 0 Å². The third-order valence-electron chi connectivity index (χ3n) is 3.54. The Morgan fingerprint density at radius 2 is 2.30 bits per heavy atom. The monoisotopic (exact) mass is 297 g/mol. The lowest BCUT2D eigenvalue weighted by Crippen LogP contribution is -2.50. The van der Waals surface area contributed by atoms with Crippen LogP contribution in [0, 0.1) is 16.0 Å². The molecule has 7 heteroatoms. The van der Waals surface area contributed by atoms with Crippen LogP contribution >= 0.6 is 11.6 Å². The minimum Gasteiger partial charge on any atom is -0.348 e. The minimum absolute atomic E-state index is 0.000253. The fourth-order valence-electron chi connectivity index (χ4n) is 2.28. The molecule has 2 atom stereocenters. The molecule has 1 amide bonds. The molecule has 0 aliphatic carbocycles. The Bertz CT molecular complexity index is 536. The van der Waals surface area contributed by atoms with Crippen molar-refractivity contribution in [2.24, 2.45) is 5.92 Å². The van der Waals surface area contributed by atoms with E-state index in [2.05, 4.69) is 17.6 Å². The van der Waals surface area contributed by atoms with E-state index in [0.717, 1.165) is 13.0 Å². The average molecular weight is 298 g/mol. The van der Waals surface area contributed by atoms with E-state index in [9.17, 15) is 14.9 Å². The smallest absolute Gasteiger partial charge is 0.282 e. The highest BCUT2D eigenvalue weighted by Gasteiger charge is 2.26. The lowest BCUT2D eigenvalue weighted by atomic mass is 9.94. The summed E-state index contributed by atoms with van der Waals surface area (Å²) in [4.78, 5) is 22.6. The molecule has 1 aromatic rings. The quantitative estimate of drug-likeness (QED) is 0.660. The zero-order valence-corrected chi connectivity index (χ0v) is 11.8. The molecule has 2 N–H and O–H groups in total. The molecule has 0 aromatic heterocycles. The molecular weight excluding hydrogens is 282 g/mol. The first-order chi connectivity index (χ1) is 9.49. The number of carbonyl (C=O) groups is 1. The zero-order valence-electron chi connectivity index (χ0n) is 11.1. The molecule has 0 bridgehead atoms. The highest BCUT2D eigenvalue weighted by Crippen LogP contribution is 2.23. The molecule has 1 saturated heterocycles. The molecule has 1 aromatic carbocycles. The van der Waals surface area contributed by atoms with Crippen LogP contribution in [0.3, 0.4) is 0 Å². The van der Waals surface area contributed by atoms with Gasteiger partial charge >= 0.3 is 0 Å². The number of amides is 1. The number of benzene rings is 1. The van der Waals surface area contributed by atoms with Crippen LogP contribution in [-0.4, -0.2) is 30.0 Å². The molecular formula is C13H16ClN3O3. The summed E-state index contributed by atoms with van der Waals surface area (Å²) in [6.45, 7) is 3.64. The van der Waals surface area contributed by atoms with Gasteiger partial charge in [0.2, 0.25) is 0 Å². The Morgan fingerprint density at radius 1 is 1.55 bits per heavy atom. The first kappa shape index (κ1) is 14.7. The van der Waals surface area contributed by atoms with Gasteiger partial charge < -0.3 is 10.6 Å². The normalized spacial score (nSPS) is 22.3. The lowest BCUT2D eigenvalue weighted by molar-refractivity contribution is -0.385. The van der Waals surface area contributed by atoms with E-state index in [1.54, 1.807) is 0 Å². The summed E-state index contributed by atoms with van der Waals surface area (Å²) in [6.07, 6.45) is 0.961. The summed E-state index contributed by atoms with van der Waals surface area (Å²) >= 11 is 5.82. The largest absolute Gasteiger partial charge is 0.348 e. The van der Waals surface area contributed by atoms with Crippen molar-refractivity contribution in [3.05, 3.63) is 38.9 Å². The molecule has 2 unspecified atom stereocenters. The summed E-state index contributed by atoms with van der Waals surface area (Å²) in [5.74, 6) is -0.127. The van der Waals surface area contributed by atoms with E-state index in [4.69, 9.17) is 11.6 Å². The standard InChI is InChI=1S/C13H16ClN3O3/c1-8-4-5-15-7-11(8)16-13(18)10-6-9(14)2-3-12(10)17(19)20/h2-3,6,8,11,15H,4-5,7H2,1H3,(H,16,18). The van der Waals surface area contributed by atoms with Crippen LogP contribution in [0.4, 0.5) is 5.69 Å². The van der Waals surface area contributed by atoms with Crippen molar-refractivity contribution in [2.45, 2.75) is 19.4 Å². The molecule has 6 nitrogen and oxygen atoms in total. The van der Waals surface area contributed by atoms with Gasteiger partial charge in [-0.05, 0) is 31.0 Å². The van der Waals surface area contributed by atoms with Crippen LogP contribution in [0.25, 0.3) is 0 Å². The summed E-state index contributed by atoms with van der Waals surface area (Å²) < 4.78 is 0. The van der Waals surface area contributed by atoms with Crippen molar-refractivity contribution in [3.63, 3.8) is 0 Å². The zero-order chi connectivity index (χ0) is 14.7. The van der Waals surface area contributed by atoms with E-state index in [1.807, 2.05) is 0 Å². The Balaban J connectivity index is 2.20. The van der Waals surface area contributed by atoms with Gasteiger partial charge in [0.1, 0.15) is 5.56 Å². The summed E-state index contributed by atoms with van der Waals surface area (Å²) in [6, 6.07) is 3.95. The second kappa shape index (κ2) is 6.19. The number of nitrogens with one attached hydrogen (secondary N) is 2. The van der Waals surface area contributed by atoms with Gasteiger partial charge in [0.15, 0.2) is 0 Å². The summed E-state index contributed by atoms with van der Waals surface area (Å²) in [5, 5.41) is 17.3. The fraction of sp³-hybridized carbons (Fsp3) is 0.462. The maximum atomic E-state index is 12.2. The molecule has 2 rings (SSSR count). The number of hydrogen-bond donors (Lipinski definition) is 2. The Labute approximate surface area is 121 Å². The summed E-state index contributed by atoms with van der Waals surface area (Å²) in [7, 11) is 0. The van der Waals surface area contributed by atoms with Crippen molar-refractivity contribution >= 4 is 23.2 Å². The third kappa shape index (κ3) is 3.26. The Kier molecular flexibility index (Phi) is 4.57. The van der Waals surface area contributed by atoms with E-state index in [-0.39, 0.29) is 17.3 Å². The first-order valence-electron chi connectivity index (χ1n) is 6.44. The van der Waals surface area contributed by atoms with E-state index < -0.39 is 10.8 Å². The van der Waals surface area contributed by atoms with Crippen molar-refractivity contribution < 1.29 is 9.72 Å². The van der Waals surface area contributed by atoms with Crippen LogP contribution < -0.4 is 10.6 Å². The second-order valence-electron chi connectivity index (χ2n) is 4.97. The van der Waals surface area contributed by atoms with E-state index in [1.165, 1.54) is 18.2 Å². The minimum atomic E-state index is -0.576. The number of carbonyl (C=O) groups excluding carboxylic acids is 1. The second-order valence-corrected chi connectivity index (χ2v) is 5.41. The van der Waals surface area contributed by atoms with Crippen LogP contribution in [-0.2, 0) is 0 Å². The first-order valence-corrected chi connectivity index (χ1v) is 6.82. The van der Waals surface area contributed by atoms with Crippen LogP contribution in [0.1, 0.15) is 23.7 Å². The van der Waals surface area contributed by atoms with Gasteiger partial charge in [0, 0.05) is 23.7 Å². The molecule has 1 fully saturated rings. The predicted octanol–water partition coefficient (Wildman–Crippen LogP) is 1.98. The molecule has 0 spiro atoms. The Hall–Kier alpha value is -1.66. The van der Waals surface area contributed by atoms with Crippen molar-refractivity contribution in [2.75, 3.05) is 13.1 Å². The number of hydrogen-bond acceptors (Lipinski definition) is 4. The predicted molar refractivity (Wildman–Crippen MR) is 76.0 cm³/mol. The lowest BCUT2D eigenvalue weighted by Gasteiger charge is -2.30. The van der Waals surface area contributed by atoms with Crippen LogP contribution in [0.15, 0.2) is 18.2 Å². The SMILES string of the molecule is CC1CCNCC1NC(=O)c1cc(Cl)ccc1[N+](=O)[O-]. The summed E-state index contributed by atoms with van der Waals surface area (Å²) in [5.41, 5.74) is -0.233. The molecule has 108 valence electrons. The average Bonchev–Trinajstić information content (AvgIpc) is 2.40. The molecule has 0 saturated carbocycles. The van der Waals surface area contributed by atoms with Crippen molar-refractivity contribution in [1.29, 1.82) is 0 Å². The number of rotatable bonds is 3. The van der Waals surface area contributed by atoms with Gasteiger partial charge in [-0.3, -0.25) is 14.9 Å². The van der Waals surface area contributed by atoms with Gasteiger partial charge in [-0.25, -0.2) is 0 Å². The number of nitrogens with zero attached hydrogens (tertiary/aromatic N) is 1. The number of piperidine rings is 1. The maximum Gasteiger partial charge on any atom is 0.282 e. The van der Waals surface area contributed by atoms with Gasteiger partial charge in [-0.2, -0.15) is 0 Å². The molecule has 1 aliphatic heterocycles. The number of halogens is 1. The van der Waals surface area contributed by atoms with Gasteiger partial charge in [0.25, 0.3) is 11.6 Å². The highest BCUT2D eigenvalue weighted by atomic mass is 35.5. The van der Waals surface area contributed by atoms with E-state index in [0.29, 0.717) is 17.5 Å². The van der Waals surface area contributed by atoms with Crippen LogP contribution in [0.5, 0.6) is 0 Å². The highest BCUT2D eigenvalue weighted by molar-refractivity contribution is 6.31. The molecule has 20 heavy (non-hydrogen) atoms. The van der Waals surface area contributed by atoms with Crippen molar-refractivity contribution in [3.8, 4) is 0 Å². The number of nitro benzene ring substituents is 1. The molecule has 0 radical (unpaired) electrons. The maximum absolute atomic E-state index is 12.2. The molecule has 1 heterocycles. The van der Waals surface area contributed by atoms with E-state index >= 15 is 0 Å². The van der Waals surface area contributed by atoms with Crippen molar-refractivity contribution in [1.82, 2.24) is 10.6 Å². The molecule has 1 aliphatic rings. The van der Waals surface area contributed by atoms with Gasteiger partial charge in [-0.1, -0.05) is 18.5 Å². The Morgan fingerprint density at radius 3 is 2.95 bits per heavy atom.